The van der Waals surface area contributed by atoms with E-state index in [-0.39, 0.29) is 17.2 Å². The number of piperidine rings is 1. The Balaban J connectivity index is 1.93. The SMILES string of the molecule is CC1CCCN(C(=O)COC(=O)c2ccccc2OC(F)F)C1. The third kappa shape index (κ3) is 4.91. The molecular formula is C16H19F2NO4. The third-order valence-corrected chi connectivity index (χ3v) is 3.66. The molecule has 23 heavy (non-hydrogen) atoms. The number of hydrogen-bond donors (Lipinski definition) is 0. The lowest BCUT2D eigenvalue weighted by Crippen LogP contribution is -2.41. The van der Waals surface area contributed by atoms with Crippen LogP contribution in [-0.4, -0.2) is 43.1 Å². The van der Waals surface area contributed by atoms with Gasteiger partial charge in [0.1, 0.15) is 11.3 Å². The zero-order valence-electron chi connectivity index (χ0n) is 12.8. The molecule has 5 nitrogen and oxygen atoms in total. The van der Waals surface area contributed by atoms with Crippen LogP contribution in [0.1, 0.15) is 30.1 Å². The van der Waals surface area contributed by atoms with Gasteiger partial charge in [-0.05, 0) is 30.9 Å². The number of alkyl halides is 2. The van der Waals surface area contributed by atoms with Gasteiger partial charge in [0, 0.05) is 13.1 Å². The molecule has 0 aromatic heterocycles. The van der Waals surface area contributed by atoms with Gasteiger partial charge in [0.15, 0.2) is 6.61 Å². The van der Waals surface area contributed by atoms with Crippen molar-refractivity contribution in [2.45, 2.75) is 26.4 Å². The van der Waals surface area contributed by atoms with Gasteiger partial charge in [-0.25, -0.2) is 4.79 Å². The highest BCUT2D eigenvalue weighted by atomic mass is 19.3. The van der Waals surface area contributed by atoms with Crippen molar-refractivity contribution in [3.05, 3.63) is 29.8 Å². The molecule has 2 rings (SSSR count). The van der Waals surface area contributed by atoms with E-state index in [4.69, 9.17) is 4.74 Å². The largest absolute Gasteiger partial charge is 0.452 e. The van der Waals surface area contributed by atoms with E-state index in [0.29, 0.717) is 19.0 Å². The van der Waals surface area contributed by atoms with Crippen molar-refractivity contribution in [2.75, 3.05) is 19.7 Å². The van der Waals surface area contributed by atoms with Gasteiger partial charge in [-0.3, -0.25) is 4.79 Å². The average Bonchev–Trinajstić information content (AvgIpc) is 2.52. The van der Waals surface area contributed by atoms with Gasteiger partial charge >= 0.3 is 12.6 Å². The first-order valence-electron chi connectivity index (χ1n) is 7.46. The summed E-state index contributed by atoms with van der Waals surface area (Å²) in [6, 6.07) is 5.53. The molecule has 0 saturated carbocycles. The molecule has 1 atom stereocenters. The summed E-state index contributed by atoms with van der Waals surface area (Å²) in [6.07, 6.45) is 1.99. The summed E-state index contributed by atoms with van der Waals surface area (Å²) in [5, 5.41) is 0. The summed E-state index contributed by atoms with van der Waals surface area (Å²) < 4.78 is 33.9. The van der Waals surface area contributed by atoms with Crippen molar-refractivity contribution in [3.8, 4) is 5.75 Å². The fraction of sp³-hybridized carbons (Fsp3) is 0.500. The Bertz CT molecular complexity index is 565. The molecule has 1 aromatic carbocycles. The Kier molecular flexibility index (Phi) is 5.90. The maximum Gasteiger partial charge on any atom is 0.387 e. The van der Waals surface area contributed by atoms with Crippen LogP contribution in [0.5, 0.6) is 5.75 Å². The van der Waals surface area contributed by atoms with Crippen molar-refractivity contribution in [1.29, 1.82) is 0 Å². The summed E-state index contributed by atoms with van der Waals surface area (Å²) in [4.78, 5) is 25.7. The standard InChI is InChI=1S/C16H19F2NO4/c1-11-5-4-8-19(9-11)14(20)10-22-15(21)12-6-2-3-7-13(12)23-16(17)18/h2-3,6-7,11,16H,4-5,8-10H2,1H3. The van der Waals surface area contributed by atoms with Crippen molar-refractivity contribution in [2.24, 2.45) is 5.92 Å². The molecule has 1 aromatic rings. The minimum atomic E-state index is -3.04. The average molecular weight is 327 g/mol. The molecule has 1 aliphatic rings. The molecule has 0 spiro atoms. The van der Waals surface area contributed by atoms with Crippen LogP contribution in [0.25, 0.3) is 0 Å². The molecule has 7 heteroatoms. The molecular weight excluding hydrogens is 308 g/mol. The number of esters is 1. The van der Waals surface area contributed by atoms with E-state index in [2.05, 4.69) is 11.7 Å². The Morgan fingerprint density at radius 2 is 2.09 bits per heavy atom. The third-order valence-electron chi connectivity index (χ3n) is 3.66. The number of halogens is 2. The van der Waals surface area contributed by atoms with E-state index in [9.17, 15) is 18.4 Å². The maximum absolute atomic E-state index is 12.3. The Labute approximate surface area is 133 Å². The van der Waals surface area contributed by atoms with Crippen LogP contribution in [0.4, 0.5) is 8.78 Å². The van der Waals surface area contributed by atoms with Crippen molar-refractivity contribution >= 4 is 11.9 Å². The number of ether oxygens (including phenoxy) is 2. The van der Waals surface area contributed by atoms with Crippen molar-refractivity contribution in [3.63, 3.8) is 0 Å². The van der Waals surface area contributed by atoms with Crippen LogP contribution in [0.15, 0.2) is 24.3 Å². The Hall–Kier alpha value is -2.18. The molecule has 0 radical (unpaired) electrons. The second-order valence-electron chi connectivity index (χ2n) is 5.54. The highest BCUT2D eigenvalue weighted by Crippen LogP contribution is 2.21. The van der Waals surface area contributed by atoms with Crippen LogP contribution in [0.2, 0.25) is 0 Å². The lowest BCUT2D eigenvalue weighted by molar-refractivity contribution is -0.136. The summed E-state index contributed by atoms with van der Waals surface area (Å²) >= 11 is 0. The first-order valence-corrected chi connectivity index (χ1v) is 7.46. The number of amides is 1. The van der Waals surface area contributed by atoms with E-state index < -0.39 is 19.2 Å². The summed E-state index contributed by atoms with van der Waals surface area (Å²) in [6.45, 7) is -0.106. The van der Waals surface area contributed by atoms with Gasteiger partial charge in [0.25, 0.3) is 5.91 Å². The Morgan fingerprint density at radius 1 is 1.35 bits per heavy atom. The summed E-state index contributed by atoms with van der Waals surface area (Å²) in [5.41, 5.74) is -0.132. The van der Waals surface area contributed by atoms with Gasteiger partial charge in [0.2, 0.25) is 0 Å². The molecule has 1 aliphatic heterocycles. The first-order chi connectivity index (χ1) is 11.0. The minimum Gasteiger partial charge on any atom is -0.452 e. The van der Waals surface area contributed by atoms with E-state index in [1.807, 2.05) is 0 Å². The number of hydrogen-bond acceptors (Lipinski definition) is 4. The van der Waals surface area contributed by atoms with E-state index in [0.717, 1.165) is 12.8 Å². The molecule has 1 unspecified atom stereocenters. The molecule has 1 heterocycles. The molecule has 1 fully saturated rings. The van der Waals surface area contributed by atoms with Gasteiger partial charge in [-0.2, -0.15) is 8.78 Å². The number of likely N-dealkylation sites (tertiary alicyclic amines) is 1. The molecule has 0 bridgehead atoms. The zero-order valence-corrected chi connectivity index (χ0v) is 12.8. The molecule has 1 amide bonds. The number of para-hydroxylation sites is 1. The normalized spacial score (nSPS) is 17.9. The van der Waals surface area contributed by atoms with E-state index in [1.165, 1.54) is 24.3 Å². The minimum absolute atomic E-state index is 0.132. The van der Waals surface area contributed by atoms with Crippen molar-refractivity contribution in [1.82, 2.24) is 4.90 Å². The molecule has 1 saturated heterocycles. The fourth-order valence-corrected chi connectivity index (χ4v) is 2.55. The number of carbonyl (C=O) groups excluding carboxylic acids is 2. The summed E-state index contributed by atoms with van der Waals surface area (Å²) in [5.74, 6) is -0.994. The highest BCUT2D eigenvalue weighted by Gasteiger charge is 2.23. The summed E-state index contributed by atoms with van der Waals surface area (Å²) in [7, 11) is 0. The molecule has 126 valence electrons. The fourth-order valence-electron chi connectivity index (χ4n) is 2.55. The topological polar surface area (TPSA) is 55.8 Å². The van der Waals surface area contributed by atoms with E-state index >= 15 is 0 Å². The molecule has 0 N–H and O–H groups in total. The zero-order chi connectivity index (χ0) is 16.8. The lowest BCUT2D eigenvalue weighted by Gasteiger charge is -2.30. The van der Waals surface area contributed by atoms with Crippen LogP contribution in [0, 0.1) is 5.92 Å². The Morgan fingerprint density at radius 3 is 2.78 bits per heavy atom. The maximum atomic E-state index is 12.3. The predicted octanol–water partition coefficient (Wildman–Crippen LogP) is 2.70. The van der Waals surface area contributed by atoms with Gasteiger partial charge in [-0.1, -0.05) is 19.1 Å². The van der Waals surface area contributed by atoms with Crippen LogP contribution in [0.3, 0.4) is 0 Å². The van der Waals surface area contributed by atoms with Crippen LogP contribution >= 0.6 is 0 Å². The smallest absolute Gasteiger partial charge is 0.387 e. The number of nitrogens with zero attached hydrogens (tertiary/aromatic N) is 1. The van der Waals surface area contributed by atoms with Crippen LogP contribution in [-0.2, 0) is 9.53 Å². The van der Waals surface area contributed by atoms with Gasteiger partial charge in [-0.15, -0.1) is 0 Å². The number of carbonyl (C=O) groups is 2. The second kappa shape index (κ2) is 7.89. The van der Waals surface area contributed by atoms with Crippen molar-refractivity contribution < 1.29 is 27.8 Å². The van der Waals surface area contributed by atoms with Gasteiger partial charge in [0.05, 0.1) is 0 Å². The quantitative estimate of drug-likeness (QED) is 0.780. The lowest BCUT2D eigenvalue weighted by atomic mass is 10.0. The van der Waals surface area contributed by atoms with Gasteiger partial charge < -0.3 is 14.4 Å². The van der Waals surface area contributed by atoms with E-state index in [1.54, 1.807) is 4.90 Å². The number of rotatable bonds is 5. The number of benzene rings is 1. The highest BCUT2D eigenvalue weighted by molar-refractivity contribution is 5.94. The van der Waals surface area contributed by atoms with Crippen LogP contribution < -0.4 is 4.74 Å². The first kappa shape index (κ1) is 17.2. The second-order valence-corrected chi connectivity index (χ2v) is 5.54. The monoisotopic (exact) mass is 327 g/mol. The predicted molar refractivity (Wildman–Crippen MR) is 78.3 cm³/mol. The molecule has 0 aliphatic carbocycles.